The smallest absolute Gasteiger partial charge is 0.324 e. The summed E-state index contributed by atoms with van der Waals surface area (Å²) >= 11 is 5.77. The fraction of sp³-hybridized carbons (Fsp3) is 0.227. The highest BCUT2D eigenvalue weighted by Crippen LogP contribution is 2.22. The Balaban J connectivity index is 1.66. The average molecular weight is 474 g/mol. The van der Waals surface area contributed by atoms with Crippen LogP contribution >= 0.6 is 11.6 Å². The minimum Gasteiger partial charge on any atom is -0.456 e. The molecule has 166 valence electrons. The fourth-order valence-electron chi connectivity index (χ4n) is 3.13. The van der Waals surface area contributed by atoms with Gasteiger partial charge in [-0.3, -0.25) is 9.59 Å². The number of aryl methyl sites for hydroxylation is 1. The van der Waals surface area contributed by atoms with E-state index >= 15 is 0 Å². The van der Waals surface area contributed by atoms with Gasteiger partial charge in [-0.05, 0) is 37.3 Å². The van der Waals surface area contributed by atoms with Gasteiger partial charge in [-0.25, -0.2) is 8.42 Å². The Morgan fingerprint density at radius 1 is 1.19 bits per heavy atom. The van der Waals surface area contributed by atoms with Crippen LogP contribution < -0.4 is 4.72 Å². The summed E-state index contributed by atoms with van der Waals surface area (Å²) in [6, 6.07) is 13.6. The number of nitrogens with zero attached hydrogens (tertiary/aromatic N) is 2. The lowest BCUT2D eigenvalue weighted by atomic mass is 10.1. The van der Waals surface area contributed by atoms with Gasteiger partial charge in [-0.1, -0.05) is 29.8 Å². The Morgan fingerprint density at radius 3 is 2.56 bits per heavy atom. The molecule has 3 aromatic rings. The first-order valence-electron chi connectivity index (χ1n) is 9.65. The van der Waals surface area contributed by atoms with Crippen LogP contribution in [0, 0.1) is 11.3 Å². The molecule has 0 aliphatic heterocycles. The van der Waals surface area contributed by atoms with E-state index in [-0.39, 0.29) is 11.3 Å². The normalized spacial score (nSPS) is 12.3. The van der Waals surface area contributed by atoms with Gasteiger partial charge in [-0.15, -0.1) is 0 Å². The van der Waals surface area contributed by atoms with Crippen molar-refractivity contribution in [1.82, 2.24) is 9.29 Å². The Labute approximate surface area is 190 Å². The van der Waals surface area contributed by atoms with Crippen molar-refractivity contribution >= 4 is 44.3 Å². The number of fused-ring (bicyclic) bond motifs is 1. The number of sulfonamides is 1. The van der Waals surface area contributed by atoms with Gasteiger partial charge in [-0.2, -0.15) is 9.98 Å². The average Bonchev–Trinajstić information content (AvgIpc) is 3.14. The molecule has 0 spiro atoms. The van der Waals surface area contributed by atoms with Crippen molar-refractivity contribution in [3.8, 4) is 6.07 Å². The van der Waals surface area contributed by atoms with Crippen LogP contribution in [0.4, 0.5) is 0 Å². The third kappa shape index (κ3) is 5.34. The first kappa shape index (κ1) is 23.5. The Bertz CT molecular complexity index is 1290. The van der Waals surface area contributed by atoms with Gasteiger partial charge >= 0.3 is 5.97 Å². The minimum atomic E-state index is -3.97. The molecule has 10 heteroatoms. The van der Waals surface area contributed by atoms with E-state index in [4.69, 9.17) is 21.6 Å². The first-order chi connectivity index (χ1) is 15.2. The van der Waals surface area contributed by atoms with Crippen LogP contribution in [0.15, 0.2) is 59.6 Å². The highest BCUT2D eigenvalue weighted by Gasteiger charge is 2.24. The summed E-state index contributed by atoms with van der Waals surface area (Å²) in [5.41, 5.74) is 1.15. The van der Waals surface area contributed by atoms with Crippen molar-refractivity contribution in [2.24, 2.45) is 0 Å². The van der Waals surface area contributed by atoms with Gasteiger partial charge in [0.1, 0.15) is 6.04 Å². The summed E-state index contributed by atoms with van der Waals surface area (Å²) in [6.45, 7) is 1.21. The lowest BCUT2D eigenvalue weighted by molar-refractivity contribution is -0.144. The minimum absolute atomic E-state index is 0.0530. The third-order valence-corrected chi connectivity index (χ3v) is 6.52. The van der Waals surface area contributed by atoms with Crippen LogP contribution in [0.3, 0.4) is 0 Å². The van der Waals surface area contributed by atoms with Gasteiger partial charge in [0.25, 0.3) is 0 Å². The molecule has 32 heavy (non-hydrogen) atoms. The fourth-order valence-corrected chi connectivity index (χ4v) is 4.44. The molecule has 0 bridgehead atoms. The number of ether oxygens (including phenoxy) is 1. The highest BCUT2D eigenvalue weighted by molar-refractivity contribution is 7.89. The van der Waals surface area contributed by atoms with Crippen LogP contribution in [-0.4, -0.2) is 37.4 Å². The van der Waals surface area contributed by atoms with Crippen LogP contribution in [0.2, 0.25) is 5.02 Å². The molecule has 0 aliphatic rings. The molecule has 1 heterocycles. The van der Waals surface area contributed by atoms with E-state index in [1.165, 1.54) is 31.2 Å². The molecule has 0 fully saturated rings. The van der Waals surface area contributed by atoms with Crippen molar-refractivity contribution in [2.75, 3.05) is 6.61 Å². The van der Waals surface area contributed by atoms with Gasteiger partial charge in [0.15, 0.2) is 6.61 Å². The largest absolute Gasteiger partial charge is 0.456 e. The number of aromatic nitrogens is 1. The molecule has 0 unspecified atom stereocenters. The quantitative estimate of drug-likeness (QED) is 0.376. The number of Topliss-reactive ketones (excluding diaryl/α,β-unsaturated/α-hetero) is 1. The molecule has 0 aliphatic carbocycles. The highest BCUT2D eigenvalue weighted by atomic mass is 35.5. The molecule has 2 aromatic carbocycles. The van der Waals surface area contributed by atoms with Crippen molar-refractivity contribution in [3.63, 3.8) is 0 Å². The number of nitrogens with one attached hydrogen (secondary N) is 1. The Morgan fingerprint density at radius 2 is 1.88 bits per heavy atom. The number of carbonyl (C=O) groups excluding carboxylic acids is 2. The van der Waals surface area contributed by atoms with E-state index in [0.29, 0.717) is 22.5 Å². The van der Waals surface area contributed by atoms with Crippen LogP contribution in [-0.2, 0) is 26.1 Å². The number of benzene rings is 2. The number of nitriles is 1. The molecule has 0 radical (unpaired) electrons. The van der Waals surface area contributed by atoms with Crippen molar-refractivity contribution in [1.29, 1.82) is 5.26 Å². The third-order valence-electron chi connectivity index (χ3n) is 4.71. The molecule has 3 rings (SSSR count). The van der Waals surface area contributed by atoms with Crippen LogP contribution in [0.5, 0.6) is 0 Å². The summed E-state index contributed by atoms with van der Waals surface area (Å²) in [4.78, 5) is 24.9. The SMILES string of the molecule is C[C@H](NS(=O)(=O)c1ccc(Cl)cc1)C(=O)OCC(=O)c1cn(CCC#N)c2ccccc12. The first-order valence-corrected chi connectivity index (χ1v) is 11.5. The number of ketones is 1. The molecular formula is C22H20ClN3O5S. The molecule has 0 amide bonds. The summed E-state index contributed by atoms with van der Waals surface area (Å²) in [6.07, 6.45) is 1.91. The standard InChI is InChI=1S/C22H20ClN3O5S/c1-15(25-32(29,30)17-9-7-16(23)8-10-17)22(28)31-14-21(27)19-13-26(12-4-11-24)20-6-3-2-5-18(19)20/h2-3,5-10,13,15,25H,4,12,14H2,1H3/t15-/m0/s1. The van der Waals surface area contributed by atoms with Crippen LogP contribution in [0.1, 0.15) is 23.7 Å². The number of para-hydroxylation sites is 1. The molecule has 1 N–H and O–H groups in total. The van der Waals surface area contributed by atoms with E-state index < -0.39 is 34.4 Å². The van der Waals surface area contributed by atoms with Crippen LogP contribution in [0.25, 0.3) is 10.9 Å². The number of rotatable bonds is 9. The molecule has 0 saturated heterocycles. The topological polar surface area (TPSA) is 118 Å². The van der Waals surface area contributed by atoms with Gasteiger partial charge in [0, 0.05) is 34.2 Å². The lowest BCUT2D eigenvalue weighted by Gasteiger charge is -2.13. The maximum absolute atomic E-state index is 12.7. The number of hydrogen-bond donors (Lipinski definition) is 1. The second kappa shape index (κ2) is 9.96. The molecular weight excluding hydrogens is 454 g/mol. The molecule has 8 nitrogen and oxygen atoms in total. The number of hydrogen-bond acceptors (Lipinski definition) is 6. The summed E-state index contributed by atoms with van der Waals surface area (Å²) in [5.74, 6) is -1.32. The predicted octanol–water partition coefficient (Wildman–Crippen LogP) is 3.30. The zero-order chi connectivity index (χ0) is 23.3. The number of halogens is 1. The van der Waals surface area contributed by atoms with Crippen molar-refractivity contribution in [2.45, 2.75) is 30.8 Å². The molecule has 0 saturated carbocycles. The van der Waals surface area contributed by atoms with Crippen molar-refractivity contribution < 1.29 is 22.7 Å². The van der Waals surface area contributed by atoms with E-state index in [0.717, 1.165) is 5.52 Å². The molecule has 1 atom stereocenters. The second-order valence-corrected chi connectivity index (χ2v) is 9.14. The van der Waals surface area contributed by atoms with Gasteiger partial charge < -0.3 is 9.30 Å². The maximum atomic E-state index is 12.7. The second-order valence-electron chi connectivity index (χ2n) is 6.99. The van der Waals surface area contributed by atoms with Crippen molar-refractivity contribution in [3.05, 3.63) is 65.3 Å². The summed E-state index contributed by atoms with van der Waals surface area (Å²) in [7, 11) is -3.97. The zero-order valence-corrected chi connectivity index (χ0v) is 18.7. The summed E-state index contributed by atoms with van der Waals surface area (Å²) < 4.78 is 33.9. The number of esters is 1. The van der Waals surface area contributed by atoms with E-state index in [2.05, 4.69) is 10.8 Å². The molecule has 1 aromatic heterocycles. The van der Waals surface area contributed by atoms with Gasteiger partial charge in [0.2, 0.25) is 15.8 Å². The predicted molar refractivity (Wildman–Crippen MR) is 119 cm³/mol. The lowest BCUT2D eigenvalue weighted by Crippen LogP contribution is -2.40. The van der Waals surface area contributed by atoms with E-state index in [1.807, 2.05) is 12.1 Å². The maximum Gasteiger partial charge on any atom is 0.324 e. The Kier molecular flexibility index (Phi) is 7.30. The summed E-state index contributed by atoms with van der Waals surface area (Å²) in [5, 5.41) is 9.90. The van der Waals surface area contributed by atoms with Gasteiger partial charge in [0.05, 0.1) is 17.4 Å². The zero-order valence-electron chi connectivity index (χ0n) is 17.1. The van der Waals surface area contributed by atoms with E-state index in [9.17, 15) is 18.0 Å². The number of carbonyl (C=O) groups is 2. The monoisotopic (exact) mass is 473 g/mol. The Hall–Kier alpha value is -3.19. The van der Waals surface area contributed by atoms with E-state index in [1.54, 1.807) is 22.9 Å².